The van der Waals surface area contributed by atoms with Crippen molar-refractivity contribution < 1.29 is 75.6 Å². The summed E-state index contributed by atoms with van der Waals surface area (Å²) in [4.78, 5) is 24.7. The number of hydrogen-bond donors (Lipinski definition) is 0. The number of carbonyl (C=O) groups excluding carboxylic acids is 3. The first-order chi connectivity index (χ1) is 5.20. The molecular weight excluding hydrogens is 278 g/mol. The largest absolute Gasteiger partial charge is 3.00 e. The molecular formula is C3F3O6Y. The van der Waals surface area contributed by atoms with Gasteiger partial charge in [0, 0.05) is 0 Å². The maximum absolute atomic E-state index is 9.81. The van der Waals surface area contributed by atoms with E-state index in [0.717, 1.165) is 0 Å². The molecule has 0 aromatic rings. The van der Waals surface area contributed by atoms with Gasteiger partial charge in [0.2, 0.25) is 18.7 Å². The van der Waals surface area contributed by atoms with Gasteiger partial charge in [-0.05, 0) is 0 Å². The smallest absolute Gasteiger partial charge is 0.520 e. The fourth-order valence-corrected chi connectivity index (χ4v) is 0. The predicted octanol–water partition coefficient (Wildman–Crippen LogP) is -2.10. The molecule has 0 aliphatic rings. The van der Waals surface area contributed by atoms with Crippen LogP contribution in [-0.4, -0.2) is 18.7 Å². The quantitative estimate of drug-likeness (QED) is 0.468. The van der Waals surface area contributed by atoms with Gasteiger partial charge in [-0.2, -0.15) is 13.2 Å². The molecule has 0 heterocycles. The second-order valence-electron chi connectivity index (χ2n) is 0.713. The monoisotopic (exact) mass is 278 g/mol. The first-order valence-electron chi connectivity index (χ1n) is 1.79. The van der Waals surface area contributed by atoms with Gasteiger partial charge >= 0.3 is 32.7 Å². The topological polar surface area (TPSA) is 120 Å². The molecule has 0 fully saturated rings. The zero-order valence-electron chi connectivity index (χ0n) is 5.66. The van der Waals surface area contributed by atoms with Crippen molar-refractivity contribution in [1.82, 2.24) is 0 Å². The van der Waals surface area contributed by atoms with Crippen LogP contribution in [0.15, 0.2) is 0 Å². The van der Waals surface area contributed by atoms with Crippen molar-refractivity contribution in [3.05, 3.63) is 0 Å². The summed E-state index contributed by atoms with van der Waals surface area (Å²) in [6, 6.07) is 0. The van der Waals surface area contributed by atoms with Gasteiger partial charge in [0.25, 0.3) is 0 Å². The van der Waals surface area contributed by atoms with Crippen LogP contribution in [0.2, 0.25) is 0 Å². The maximum Gasteiger partial charge on any atom is 3.00 e. The van der Waals surface area contributed by atoms with Crippen LogP contribution in [-0.2, 0) is 32.7 Å². The van der Waals surface area contributed by atoms with Crippen LogP contribution in [0.3, 0.4) is 0 Å². The van der Waals surface area contributed by atoms with Gasteiger partial charge in [0.15, 0.2) is 0 Å². The molecule has 0 saturated carbocycles. The summed E-state index contributed by atoms with van der Waals surface area (Å²) in [5, 5.41) is 24.7. The van der Waals surface area contributed by atoms with Crippen LogP contribution in [0.25, 0.3) is 0 Å². The summed E-state index contributed by atoms with van der Waals surface area (Å²) in [6.45, 7) is 0. The number of hydrogen-bond acceptors (Lipinski definition) is 6. The third-order valence-electron chi connectivity index (χ3n) is 0. The number of carbonyl (C=O) groups is 3. The van der Waals surface area contributed by atoms with Crippen molar-refractivity contribution >= 4 is 18.7 Å². The second kappa shape index (κ2) is 17.4. The van der Waals surface area contributed by atoms with Gasteiger partial charge in [0.1, 0.15) is 0 Å². The van der Waals surface area contributed by atoms with Gasteiger partial charge < -0.3 is 29.7 Å². The van der Waals surface area contributed by atoms with Gasteiger partial charge in [0.05, 0.1) is 0 Å². The van der Waals surface area contributed by atoms with Crippen LogP contribution in [0.1, 0.15) is 0 Å². The minimum Gasteiger partial charge on any atom is -0.520 e. The molecule has 13 heavy (non-hydrogen) atoms. The number of halogens is 3. The van der Waals surface area contributed by atoms with E-state index in [-0.39, 0.29) is 32.7 Å². The van der Waals surface area contributed by atoms with Crippen LogP contribution < -0.4 is 15.3 Å². The van der Waals surface area contributed by atoms with Crippen molar-refractivity contribution in [2.45, 2.75) is 0 Å². The molecule has 0 spiro atoms. The van der Waals surface area contributed by atoms with Crippen LogP contribution in [0, 0.1) is 0 Å². The molecule has 10 heteroatoms. The Balaban J connectivity index is -0.0000000450. The Morgan fingerprint density at radius 1 is 0.692 bits per heavy atom. The molecule has 0 rings (SSSR count). The summed E-state index contributed by atoms with van der Waals surface area (Å²) < 4.78 is 29.4. The number of rotatable bonds is 0. The molecule has 6 nitrogen and oxygen atoms in total. The van der Waals surface area contributed by atoms with Crippen molar-refractivity contribution in [3.63, 3.8) is 0 Å². The maximum atomic E-state index is 9.81. The van der Waals surface area contributed by atoms with E-state index in [9.17, 15) is 13.2 Å². The minimum atomic E-state index is -2.58. The van der Waals surface area contributed by atoms with Gasteiger partial charge in [-0.1, -0.05) is 0 Å². The van der Waals surface area contributed by atoms with Crippen molar-refractivity contribution in [3.8, 4) is 0 Å². The fraction of sp³-hybridized carbons (Fsp3) is 0. The summed E-state index contributed by atoms with van der Waals surface area (Å²) in [7, 11) is 0. The van der Waals surface area contributed by atoms with Crippen molar-refractivity contribution in [2.75, 3.05) is 0 Å². The zero-order chi connectivity index (χ0) is 10.7. The predicted molar refractivity (Wildman–Crippen MR) is 19.5 cm³/mol. The van der Waals surface area contributed by atoms with Crippen LogP contribution in [0.5, 0.6) is 0 Å². The summed E-state index contributed by atoms with van der Waals surface area (Å²) >= 11 is 0. The van der Waals surface area contributed by atoms with Crippen molar-refractivity contribution in [1.29, 1.82) is 0 Å². The summed E-state index contributed by atoms with van der Waals surface area (Å²) in [5.41, 5.74) is 0. The molecule has 0 amide bonds. The standard InChI is InChI=1S/3CHFO2.Y/c3*2-1(3)4;/h3*(H,3,4);/q;;;+3/p-3. The third-order valence-corrected chi connectivity index (χ3v) is 0. The first-order valence-corrected chi connectivity index (χ1v) is 1.79. The van der Waals surface area contributed by atoms with Gasteiger partial charge in [-0.25, -0.2) is 0 Å². The Hall–Kier alpha value is -0.696. The van der Waals surface area contributed by atoms with Gasteiger partial charge in [-0.3, -0.25) is 0 Å². The molecule has 0 aliphatic carbocycles. The van der Waals surface area contributed by atoms with E-state index in [1.165, 1.54) is 0 Å². The molecule has 0 bridgehead atoms. The average molecular weight is 278 g/mol. The normalized spacial score (nSPS) is 5.77. The molecule has 0 atom stereocenters. The molecule has 0 unspecified atom stereocenters. The SMILES string of the molecule is O=C([O-])F.O=C([O-])F.O=C([O-])F.[Y+3]. The van der Waals surface area contributed by atoms with E-state index in [1.54, 1.807) is 0 Å². The molecule has 0 radical (unpaired) electrons. The minimum absolute atomic E-state index is 0. The Bertz CT molecular complexity index is 121. The third kappa shape index (κ3) is 2020. The van der Waals surface area contributed by atoms with E-state index < -0.39 is 18.7 Å². The van der Waals surface area contributed by atoms with E-state index in [0.29, 0.717) is 0 Å². The fourth-order valence-electron chi connectivity index (χ4n) is 0. The number of carboxylic acid groups (broad SMARTS) is 3. The summed E-state index contributed by atoms with van der Waals surface area (Å²) in [5.74, 6) is 0. The molecule has 0 aromatic carbocycles. The van der Waals surface area contributed by atoms with E-state index in [2.05, 4.69) is 0 Å². The average Bonchev–Trinajstić information content (AvgIpc) is 1.54. The first kappa shape index (κ1) is 22.8. The van der Waals surface area contributed by atoms with Crippen molar-refractivity contribution in [2.24, 2.45) is 0 Å². The van der Waals surface area contributed by atoms with E-state index >= 15 is 0 Å². The Morgan fingerprint density at radius 3 is 0.692 bits per heavy atom. The molecule has 72 valence electrons. The van der Waals surface area contributed by atoms with E-state index in [4.69, 9.17) is 29.7 Å². The van der Waals surface area contributed by atoms with Gasteiger partial charge in [-0.15, -0.1) is 0 Å². The Morgan fingerprint density at radius 2 is 0.692 bits per heavy atom. The molecule has 0 aromatic heterocycles. The Kier molecular flexibility index (Phi) is 30.5. The van der Waals surface area contributed by atoms with E-state index in [1.807, 2.05) is 0 Å². The molecule has 0 N–H and O–H groups in total. The molecule has 0 saturated heterocycles. The zero-order valence-corrected chi connectivity index (χ0v) is 8.50. The van der Waals surface area contributed by atoms with Crippen LogP contribution in [0.4, 0.5) is 27.6 Å². The molecule has 0 aliphatic heterocycles. The van der Waals surface area contributed by atoms with Crippen LogP contribution >= 0.6 is 0 Å². The second-order valence-corrected chi connectivity index (χ2v) is 0.713. The summed E-state index contributed by atoms with van der Waals surface area (Å²) in [6.07, 6.45) is -7.75. The Labute approximate surface area is 94.2 Å².